The Morgan fingerprint density at radius 1 is 1.14 bits per heavy atom. The summed E-state index contributed by atoms with van der Waals surface area (Å²) < 4.78 is 40.6. The summed E-state index contributed by atoms with van der Waals surface area (Å²) in [4.78, 5) is 22.7. The Balaban J connectivity index is 3.19. The van der Waals surface area contributed by atoms with Gasteiger partial charge in [0.2, 0.25) is 0 Å². The molecule has 0 aliphatic carbocycles. The molecule has 8 heteroatoms. The number of carbonyl (C=O) groups is 2. The maximum atomic E-state index is 14.0. The number of rotatable bonds is 5. The molecule has 6 nitrogen and oxygen atoms in total. The largest absolute Gasteiger partial charge is 0.491 e. The fourth-order valence-corrected chi connectivity index (χ4v) is 1.39. The van der Waals surface area contributed by atoms with Crippen molar-refractivity contribution in [2.45, 2.75) is 0 Å². The Bertz CT molecular complexity index is 586. The number of carbonyl (C=O) groups excluding carboxylic acids is 2. The van der Waals surface area contributed by atoms with Crippen LogP contribution in [0.2, 0.25) is 0 Å². The number of halogens is 2. The van der Waals surface area contributed by atoms with Gasteiger partial charge in [0.1, 0.15) is 5.70 Å². The zero-order valence-corrected chi connectivity index (χ0v) is 11.5. The minimum atomic E-state index is -1.06. The van der Waals surface area contributed by atoms with Crippen LogP contribution in [-0.2, 0) is 19.1 Å². The van der Waals surface area contributed by atoms with E-state index in [1.807, 2.05) is 0 Å². The Morgan fingerprint density at radius 2 is 1.81 bits per heavy atom. The Kier molecular flexibility index (Phi) is 5.65. The van der Waals surface area contributed by atoms with Crippen LogP contribution in [0.5, 0.6) is 5.75 Å². The highest BCUT2D eigenvalue weighted by Crippen LogP contribution is 2.28. The van der Waals surface area contributed by atoms with Crippen molar-refractivity contribution in [3.63, 3.8) is 0 Å². The zero-order valence-electron chi connectivity index (χ0n) is 11.5. The Labute approximate surface area is 119 Å². The number of benzene rings is 1. The fourth-order valence-electron chi connectivity index (χ4n) is 1.39. The Morgan fingerprint density at radius 3 is 2.33 bits per heavy atom. The minimum absolute atomic E-state index is 0.270. The quantitative estimate of drug-likeness (QED) is 0.658. The summed E-state index contributed by atoms with van der Waals surface area (Å²) in [5.41, 5.74) is -0.647. The van der Waals surface area contributed by atoms with Crippen LogP contribution in [-0.4, -0.2) is 33.3 Å². The first-order valence-electron chi connectivity index (χ1n) is 5.61. The van der Waals surface area contributed by atoms with Gasteiger partial charge in [0, 0.05) is 0 Å². The van der Waals surface area contributed by atoms with Gasteiger partial charge in [-0.1, -0.05) is 0 Å². The molecule has 0 aliphatic rings. The topological polar surface area (TPSA) is 73.9 Å². The summed E-state index contributed by atoms with van der Waals surface area (Å²) in [6.07, 6.45) is 0.779. The molecule has 0 unspecified atom stereocenters. The second-order valence-electron chi connectivity index (χ2n) is 3.64. The van der Waals surface area contributed by atoms with Gasteiger partial charge in [0.25, 0.3) is 0 Å². The molecule has 1 aromatic carbocycles. The number of methoxy groups -OCH3 is 3. The molecule has 0 saturated carbocycles. The summed E-state index contributed by atoms with van der Waals surface area (Å²) in [7, 11) is 3.28. The van der Waals surface area contributed by atoms with Crippen molar-refractivity contribution in [1.29, 1.82) is 0 Å². The number of hydrogen-bond donors (Lipinski definition) is 1. The third-order valence-electron chi connectivity index (χ3n) is 2.39. The number of anilines is 1. The van der Waals surface area contributed by atoms with E-state index in [1.54, 1.807) is 0 Å². The van der Waals surface area contributed by atoms with Crippen molar-refractivity contribution in [3.8, 4) is 5.75 Å². The molecular formula is C13H13F2NO5. The highest BCUT2D eigenvalue weighted by Gasteiger charge is 2.18. The maximum Gasteiger partial charge on any atom is 0.354 e. The molecule has 1 N–H and O–H groups in total. The molecule has 0 bridgehead atoms. The van der Waals surface area contributed by atoms with Crippen molar-refractivity contribution in [3.05, 3.63) is 35.5 Å². The van der Waals surface area contributed by atoms with Gasteiger partial charge in [-0.3, -0.25) is 0 Å². The van der Waals surface area contributed by atoms with E-state index in [2.05, 4.69) is 19.5 Å². The van der Waals surface area contributed by atoms with Gasteiger partial charge >= 0.3 is 11.9 Å². The van der Waals surface area contributed by atoms with E-state index in [4.69, 9.17) is 0 Å². The third-order valence-corrected chi connectivity index (χ3v) is 2.39. The van der Waals surface area contributed by atoms with Crippen LogP contribution in [0.3, 0.4) is 0 Å². The van der Waals surface area contributed by atoms with E-state index in [1.165, 1.54) is 0 Å². The maximum absolute atomic E-state index is 14.0. The molecule has 0 amide bonds. The number of nitrogens with one attached hydrogen (secondary N) is 1. The lowest BCUT2D eigenvalue weighted by Gasteiger charge is -2.12. The predicted molar refractivity (Wildman–Crippen MR) is 68.6 cm³/mol. The van der Waals surface area contributed by atoms with Crippen molar-refractivity contribution < 1.29 is 32.6 Å². The molecule has 1 aromatic rings. The highest BCUT2D eigenvalue weighted by atomic mass is 19.1. The molecule has 0 spiro atoms. The molecule has 0 saturated heterocycles. The van der Waals surface area contributed by atoms with Gasteiger partial charge in [-0.25, -0.2) is 18.4 Å². The van der Waals surface area contributed by atoms with E-state index in [0.717, 1.165) is 39.5 Å². The number of ether oxygens (including phenoxy) is 3. The van der Waals surface area contributed by atoms with Crippen molar-refractivity contribution in [2.75, 3.05) is 26.6 Å². The van der Waals surface area contributed by atoms with E-state index in [9.17, 15) is 18.4 Å². The van der Waals surface area contributed by atoms with E-state index in [-0.39, 0.29) is 11.4 Å². The minimum Gasteiger partial charge on any atom is -0.491 e. The van der Waals surface area contributed by atoms with Crippen molar-refractivity contribution in [2.24, 2.45) is 0 Å². The average Bonchev–Trinajstić information content (AvgIpc) is 2.48. The van der Waals surface area contributed by atoms with Crippen LogP contribution in [0.4, 0.5) is 14.5 Å². The van der Waals surface area contributed by atoms with Crippen LogP contribution in [0.25, 0.3) is 0 Å². The predicted octanol–water partition coefficient (Wildman–Crippen LogP) is 1.62. The van der Waals surface area contributed by atoms with Crippen LogP contribution in [0.15, 0.2) is 23.9 Å². The third kappa shape index (κ3) is 3.91. The molecule has 0 heterocycles. The van der Waals surface area contributed by atoms with E-state index >= 15 is 0 Å². The molecule has 0 fully saturated rings. The average molecular weight is 301 g/mol. The second kappa shape index (κ2) is 7.22. The summed E-state index contributed by atoms with van der Waals surface area (Å²) in [6.45, 7) is 0. The molecule has 0 aliphatic heterocycles. The SMILES string of the molecule is COC(=O)/C=C(/Nc1ccc(F)c(OC)c1F)C(=O)OC. The molecule has 1 rings (SSSR count). The zero-order chi connectivity index (χ0) is 16.0. The van der Waals surface area contributed by atoms with Crippen LogP contribution in [0, 0.1) is 11.6 Å². The lowest BCUT2D eigenvalue weighted by atomic mass is 10.2. The number of hydrogen-bond acceptors (Lipinski definition) is 6. The monoisotopic (exact) mass is 301 g/mol. The molecular weight excluding hydrogens is 288 g/mol. The smallest absolute Gasteiger partial charge is 0.354 e. The van der Waals surface area contributed by atoms with Crippen LogP contribution < -0.4 is 10.1 Å². The lowest BCUT2D eigenvalue weighted by Crippen LogP contribution is -2.16. The van der Waals surface area contributed by atoms with E-state index < -0.39 is 29.3 Å². The first-order chi connectivity index (χ1) is 9.94. The fraction of sp³-hybridized carbons (Fsp3) is 0.231. The Hall–Kier alpha value is -2.64. The molecule has 21 heavy (non-hydrogen) atoms. The van der Waals surface area contributed by atoms with Crippen LogP contribution >= 0.6 is 0 Å². The van der Waals surface area contributed by atoms with Crippen molar-refractivity contribution in [1.82, 2.24) is 0 Å². The normalized spacial score (nSPS) is 10.8. The number of esters is 2. The second-order valence-corrected chi connectivity index (χ2v) is 3.64. The lowest BCUT2D eigenvalue weighted by molar-refractivity contribution is -0.138. The van der Waals surface area contributed by atoms with Gasteiger partial charge in [-0.2, -0.15) is 0 Å². The molecule has 0 atom stereocenters. The summed E-state index contributed by atoms with van der Waals surface area (Å²) in [5.74, 6) is -4.36. The summed E-state index contributed by atoms with van der Waals surface area (Å²) in [6, 6.07) is 1.98. The van der Waals surface area contributed by atoms with Crippen molar-refractivity contribution >= 4 is 17.6 Å². The molecule has 114 valence electrons. The van der Waals surface area contributed by atoms with E-state index in [0.29, 0.717) is 0 Å². The first-order valence-corrected chi connectivity index (χ1v) is 5.61. The van der Waals surface area contributed by atoms with Gasteiger partial charge < -0.3 is 19.5 Å². The highest BCUT2D eigenvalue weighted by molar-refractivity contribution is 5.98. The first kappa shape index (κ1) is 16.4. The summed E-state index contributed by atoms with van der Waals surface area (Å²) in [5, 5.41) is 2.33. The van der Waals surface area contributed by atoms with Gasteiger partial charge in [-0.05, 0) is 12.1 Å². The van der Waals surface area contributed by atoms with Crippen LogP contribution in [0.1, 0.15) is 0 Å². The van der Waals surface area contributed by atoms with Gasteiger partial charge in [-0.15, -0.1) is 0 Å². The molecule has 0 aromatic heterocycles. The van der Waals surface area contributed by atoms with Gasteiger partial charge in [0.15, 0.2) is 17.4 Å². The summed E-state index contributed by atoms with van der Waals surface area (Å²) >= 11 is 0. The molecule has 0 radical (unpaired) electrons. The standard InChI is InChI=1S/C13H13F2NO5/c1-19-10(17)6-9(13(18)21-3)16-8-5-4-7(14)12(20-2)11(8)15/h4-6,16H,1-3H3/b9-6+. The van der Waals surface area contributed by atoms with Gasteiger partial charge in [0.05, 0.1) is 33.1 Å².